The average molecular weight is 183 g/mol. The van der Waals surface area contributed by atoms with Crippen molar-refractivity contribution in [3.63, 3.8) is 0 Å². The van der Waals surface area contributed by atoms with Gasteiger partial charge in [-0.15, -0.1) is 11.3 Å². The lowest BCUT2D eigenvalue weighted by atomic mass is 10.3. The van der Waals surface area contributed by atoms with Gasteiger partial charge >= 0.3 is 0 Å². The second-order valence-electron chi connectivity index (χ2n) is 3.06. The van der Waals surface area contributed by atoms with E-state index in [1.54, 1.807) is 0 Å². The van der Waals surface area contributed by atoms with Crippen molar-refractivity contribution in [1.29, 1.82) is 0 Å². The van der Waals surface area contributed by atoms with E-state index in [4.69, 9.17) is 0 Å². The average Bonchev–Trinajstić information content (AvgIpc) is 2.46. The molecule has 2 heteroatoms. The molecule has 1 heterocycles. The standard InChI is InChI=1S/C10H17NS/c1-3-4-6-11-8-10-9(2)5-7-12-10/h5,7,11H,3-4,6,8H2,1-2H3. The highest BCUT2D eigenvalue weighted by atomic mass is 32.1. The molecule has 1 nitrogen and oxygen atoms in total. The molecule has 0 aliphatic heterocycles. The molecule has 1 rings (SSSR count). The molecule has 0 unspecified atom stereocenters. The van der Waals surface area contributed by atoms with Gasteiger partial charge in [0.2, 0.25) is 0 Å². The Bertz CT molecular complexity index is 217. The number of nitrogens with one attached hydrogen (secondary N) is 1. The van der Waals surface area contributed by atoms with Crippen molar-refractivity contribution >= 4 is 11.3 Å². The third-order valence-electron chi connectivity index (χ3n) is 1.96. The van der Waals surface area contributed by atoms with Crippen LogP contribution in [0.15, 0.2) is 11.4 Å². The Labute approximate surface area is 78.8 Å². The molecule has 12 heavy (non-hydrogen) atoms. The lowest BCUT2D eigenvalue weighted by molar-refractivity contribution is 0.645. The van der Waals surface area contributed by atoms with E-state index in [0.717, 1.165) is 13.1 Å². The fourth-order valence-corrected chi connectivity index (χ4v) is 1.96. The largest absolute Gasteiger partial charge is 0.312 e. The van der Waals surface area contributed by atoms with Gasteiger partial charge in [0.15, 0.2) is 0 Å². The van der Waals surface area contributed by atoms with Crippen molar-refractivity contribution in [1.82, 2.24) is 5.32 Å². The number of unbranched alkanes of at least 4 members (excludes halogenated alkanes) is 1. The monoisotopic (exact) mass is 183 g/mol. The van der Waals surface area contributed by atoms with Gasteiger partial charge in [0.1, 0.15) is 0 Å². The zero-order chi connectivity index (χ0) is 8.81. The first-order valence-electron chi connectivity index (χ1n) is 4.58. The Morgan fingerprint density at radius 1 is 1.50 bits per heavy atom. The molecule has 0 saturated heterocycles. The smallest absolute Gasteiger partial charge is 0.0302 e. The molecule has 0 aromatic carbocycles. The summed E-state index contributed by atoms with van der Waals surface area (Å²) in [6, 6.07) is 2.18. The summed E-state index contributed by atoms with van der Waals surface area (Å²) in [6.07, 6.45) is 2.56. The molecule has 0 atom stereocenters. The van der Waals surface area contributed by atoms with Crippen molar-refractivity contribution in [2.75, 3.05) is 6.54 Å². The van der Waals surface area contributed by atoms with Crippen LogP contribution >= 0.6 is 11.3 Å². The van der Waals surface area contributed by atoms with Crippen molar-refractivity contribution in [2.24, 2.45) is 0 Å². The van der Waals surface area contributed by atoms with Crippen LogP contribution in [0.25, 0.3) is 0 Å². The number of rotatable bonds is 5. The summed E-state index contributed by atoms with van der Waals surface area (Å²) in [5.74, 6) is 0. The number of hydrogen-bond donors (Lipinski definition) is 1. The minimum atomic E-state index is 1.05. The number of aryl methyl sites for hydroxylation is 1. The van der Waals surface area contributed by atoms with E-state index < -0.39 is 0 Å². The number of hydrogen-bond acceptors (Lipinski definition) is 2. The highest BCUT2D eigenvalue weighted by Gasteiger charge is 1.97. The van der Waals surface area contributed by atoms with Crippen molar-refractivity contribution in [2.45, 2.75) is 33.2 Å². The van der Waals surface area contributed by atoms with E-state index in [0.29, 0.717) is 0 Å². The van der Waals surface area contributed by atoms with Gasteiger partial charge in [-0.3, -0.25) is 0 Å². The summed E-state index contributed by atoms with van der Waals surface area (Å²) in [5, 5.41) is 5.60. The Hall–Kier alpha value is -0.340. The predicted octanol–water partition coefficient (Wildman–Crippen LogP) is 2.95. The van der Waals surface area contributed by atoms with Gasteiger partial charge in [-0.1, -0.05) is 13.3 Å². The minimum Gasteiger partial charge on any atom is -0.312 e. The fraction of sp³-hybridized carbons (Fsp3) is 0.600. The summed E-state index contributed by atoms with van der Waals surface area (Å²) < 4.78 is 0. The van der Waals surface area contributed by atoms with Crippen LogP contribution in [0.1, 0.15) is 30.2 Å². The molecular weight excluding hydrogens is 166 g/mol. The van der Waals surface area contributed by atoms with Gasteiger partial charge < -0.3 is 5.32 Å². The van der Waals surface area contributed by atoms with E-state index in [-0.39, 0.29) is 0 Å². The molecule has 1 aromatic rings. The number of thiophene rings is 1. The Kier molecular flexibility index (Phi) is 4.33. The lowest BCUT2D eigenvalue weighted by Crippen LogP contribution is -2.13. The quantitative estimate of drug-likeness (QED) is 0.692. The minimum absolute atomic E-state index is 1.05. The van der Waals surface area contributed by atoms with Crippen LogP contribution < -0.4 is 5.32 Å². The van der Waals surface area contributed by atoms with Gasteiger partial charge in [-0.2, -0.15) is 0 Å². The van der Waals surface area contributed by atoms with Crippen LogP contribution in [0, 0.1) is 6.92 Å². The molecule has 0 bridgehead atoms. The van der Waals surface area contributed by atoms with Gasteiger partial charge in [0, 0.05) is 11.4 Å². The SMILES string of the molecule is CCCCNCc1sccc1C. The van der Waals surface area contributed by atoms with E-state index >= 15 is 0 Å². The molecule has 0 fully saturated rings. The molecule has 0 spiro atoms. The molecule has 1 aromatic heterocycles. The molecule has 0 amide bonds. The van der Waals surface area contributed by atoms with Gasteiger partial charge in [-0.05, 0) is 36.9 Å². The van der Waals surface area contributed by atoms with Crippen LogP contribution in [-0.4, -0.2) is 6.54 Å². The van der Waals surface area contributed by atoms with Gasteiger partial charge in [0.25, 0.3) is 0 Å². The highest BCUT2D eigenvalue weighted by Crippen LogP contribution is 2.14. The van der Waals surface area contributed by atoms with E-state index in [1.165, 1.54) is 23.3 Å². The van der Waals surface area contributed by atoms with E-state index in [9.17, 15) is 0 Å². The highest BCUT2D eigenvalue weighted by molar-refractivity contribution is 7.10. The van der Waals surface area contributed by atoms with Crippen molar-refractivity contribution in [3.8, 4) is 0 Å². The van der Waals surface area contributed by atoms with Crippen LogP contribution in [0.2, 0.25) is 0 Å². The van der Waals surface area contributed by atoms with Crippen LogP contribution in [0.4, 0.5) is 0 Å². The molecule has 1 N–H and O–H groups in total. The third-order valence-corrected chi connectivity index (χ3v) is 2.98. The normalized spacial score (nSPS) is 10.5. The van der Waals surface area contributed by atoms with Crippen LogP contribution in [-0.2, 0) is 6.54 Å². The van der Waals surface area contributed by atoms with Gasteiger partial charge in [0.05, 0.1) is 0 Å². The first-order valence-corrected chi connectivity index (χ1v) is 5.46. The second-order valence-corrected chi connectivity index (χ2v) is 4.06. The van der Waals surface area contributed by atoms with Crippen molar-refractivity contribution in [3.05, 3.63) is 21.9 Å². The maximum absolute atomic E-state index is 3.44. The van der Waals surface area contributed by atoms with Crippen molar-refractivity contribution < 1.29 is 0 Å². The summed E-state index contributed by atoms with van der Waals surface area (Å²) in [6.45, 7) is 6.59. The summed E-state index contributed by atoms with van der Waals surface area (Å²) in [7, 11) is 0. The zero-order valence-electron chi connectivity index (χ0n) is 7.89. The topological polar surface area (TPSA) is 12.0 Å². The first kappa shape index (κ1) is 9.75. The Morgan fingerprint density at radius 2 is 2.33 bits per heavy atom. The molecule has 0 saturated carbocycles. The summed E-state index contributed by atoms with van der Waals surface area (Å²) >= 11 is 1.85. The maximum atomic E-state index is 3.44. The van der Waals surface area contributed by atoms with E-state index in [1.807, 2.05) is 11.3 Å². The molecule has 68 valence electrons. The molecule has 0 aliphatic rings. The molecule has 0 radical (unpaired) electrons. The van der Waals surface area contributed by atoms with Crippen LogP contribution in [0.3, 0.4) is 0 Å². The summed E-state index contributed by atoms with van der Waals surface area (Å²) in [5.41, 5.74) is 1.42. The lowest BCUT2D eigenvalue weighted by Gasteiger charge is -2.01. The van der Waals surface area contributed by atoms with Gasteiger partial charge in [-0.25, -0.2) is 0 Å². The molecular formula is C10H17NS. The van der Waals surface area contributed by atoms with E-state index in [2.05, 4.69) is 30.6 Å². The summed E-state index contributed by atoms with van der Waals surface area (Å²) in [4.78, 5) is 1.48. The molecule has 0 aliphatic carbocycles. The maximum Gasteiger partial charge on any atom is 0.0302 e. The second kappa shape index (κ2) is 5.33. The third kappa shape index (κ3) is 2.95. The fourth-order valence-electron chi connectivity index (χ4n) is 1.09. The first-order chi connectivity index (χ1) is 5.84. The predicted molar refractivity (Wildman–Crippen MR) is 55.7 cm³/mol. The Morgan fingerprint density at radius 3 is 2.92 bits per heavy atom. The Balaban J connectivity index is 2.20. The van der Waals surface area contributed by atoms with Crippen LogP contribution in [0.5, 0.6) is 0 Å². The zero-order valence-corrected chi connectivity index (χ0v) is 8.71.